The number of carbonyl (C=O) groups is 2. The molecule has 37 heavy (non-hydrogen) atoms. The van der Waals surface area contributed by atoms with Crippen LogP contribution in [0.3, 0.4) is 0 Å². The molecule has 194 valence electrons. The first-order valence-electron chi connectivity index (χ1n) is 12.8. The highest BCUT2D eigenvalue weighted by Crippen LogP contribution is 2.50. The van der Waals surface area contributed by atoms with Crippen molar-refractivity contribution >= 4 is 11.8 Å². The van der Waals surface area contributed by atoms with Crippen molar-refractivity contribution in [1.82, 2.24) is 34.9 Å². The number of nitrogens with one attached hydrogen (secondary N) is 2. The Kier molecular flexibility index (Phi) is 5.92. The number of hydrogen-bond donors (Lipinski definition) is 2. The lowest BCUT2D eigenvalue weighted by atomic mass is 9.87. The zero-order valence-electron chi connectivity index (χ0n) is 20.7. The minimum Gasteiger partial charge on any atom is -0.481 e. The second-order valence-corrected chi connectivity index (χ2v) is 10.4. The smallest absolute Gasteiger partial charge is 0.272 e. The van der Waals surface area contributed by atoms with Crippen molar-refractivity contribution in [3.8, 4) is 17.1 Å². The number of aryl methyl sites for hydroxylation is 1. The van der Waals surface area contributed by atoms with Gasteiger partial charge in [-0.2, -0.15) is 5.10 Å². The molecule has 2 amide bonds. The summed E-state index contributed by atoms with van der Waals surface area (Å²) in [5, 5.41) is 10.1. The molecule has 0 bridgehead atoms. The van der Waals surface area contributed by atoms with Gasteiger partial charge >= 0.3 is 0 Å². The summed E-state index contributed by atoms with van der Waals surface area (Å²) in [5.41, 5.74) is 0.534. The maximum atomic E-state index is 14.3. The van der Waals surface area contributed by atoms with Crippen molar-refractivity contribution in [2.24, 2.45) is 11.8 Å². The minimum absolute atomic E-state index is 0.0840. The van der Waals surface area contributed by atoms with Crippen LogP contribution in [0.5, 0.6) is 5.88 Å². The number of amides is 2. The SMILES string of the molecule is COc1cc(-c2cc(C(=O)N3CCC(C(=O)NCC4CCc5nccn5C4)CC34CC4)[nH]n2)c(F)cn1. The monoisotopic (exact) mass is 507 g/mol. The van der Waals surface area contributed by atoms with Crippen LogP contribution in [-0.4, -0.2) is 67.2 Å². The predicted octanol–water partition coefficient (Wildman–Crippen LogP) is 2.58. The quantitative estimate of drug-likeness (QED) is 0.530. The van der Waals surface area contributed by atoms with Gasteiger partial charge in [0.2, 0.25) is 11.8 Å². The van der Waals surface area contributed by atoms with Gasteiger partial charge in [-0.3, -0.25) is 14.7 Å². The lowest BCUT2D eigenvalue weighted by Crippen LogP contribution is -2.51. The van der Waals surface area contributed by atoms with E-state index in [0.717, 1.165) is 44.2 Å². The average Bonchev–Trinajstić information content (AvgIpc) is 3.31. The fraction of sp³-hybridized carbons (Fsp3) is 0.500. The van der Waals surface area contributed by atoms with E-state index in [9.17, 15) is 14.0 Å². The predicted molar refractivity (Wildman–Crippen MR) is 131 cm³/mol. The molecule has 2 aliphatic heterocycles. The van der Waals surface area contributed by atoms with E-state index >= 15 is 0 Å². The average molecular weight is 508 g/mol. The second-order valence-electron chi connectivity index (χ2n) is 10.4. The highest BCUT2D eigenvalue weighted by molar-refractivity contribution is 5.94. The van der Waals surface area contributed by atoms with E-state index in [2.05, 4.69) is 30.0 Å². The number of rotatable bonds is 6. The number of likely N-dealkylation sites (tertiary alicyclic amines) is 1. The summed E-state index contributed by atoms with van der Waals surface area (Å²) in [6.07, 6.45) is 9.91. The van der Waals surface area contributed by atoms with Crippen LogP contribution in [0.4, 0.5) is 4.39 Å². The van der Waals surface area contributed by atoms with Gasteiger partial charge in [0.05, 0.1) is 19.0 Å². The van der Waals surface area contributed by atoms with Crippen LogP contribution in [0.25, 0.3) is 11.3 Å². The largest absolute Gasteiger partial charge is 0.481 e. The highest BCUT2D eigenvalue weighted by atomic mass is 19.1. The molecule has 6 rings (SSSR count). The van der Waals surface area contributed by atoms with E-state index < -0.39 is 5.82 Å². The van der Waals surface area contributed by atoms with Gasteiger partial charge in [-0.1, -0.05) is 0 Å². The number of piperidine rings is 1. The Bertz CT molecular complexity index is 1330. The molecule has 2 atom stereocenters. The van der Waals surface area contributed by atoms with Crippen molar-refractivity contribution in [2.75, 3.05) is 20.2 Å². The molecule has 2 N–H and O–H groups in total. The minimum atomic E-state index is -0.546. The molecule has 1 saturated carbocycles. The number of hydrogen-bond acceptors (Lipinski definition) is 6. The van der Waals surface area contributed by atoms with E-state index in [1.165, 1.54) is 13.2 Å². The third kappa shape index (κ3) is 4.47. The van der Waals surface area contributed by atoms with Crippen molar-refractivity contribution in [2.45, 2.75) is 50.6 Å². The van der Waals surface area contributed by atoms with Crippen LogP contribution in [0.15, 0.2) is 30.7 Å². The van der Waals surface area contributed by atoms with E-state index in [1.54, 1.807) is 6.07 Å². The number of aromatic nitrogens is 5. The fourth-order valence-electron chi connectivity index (χ4n) is 5.79. The normalized spacial score (nSPS) is 21.9. The molecule has 1 saturated heterocycles. The third-order valence-corrected chi connectivity index (χ3v) is 8.06. The molecule has 11 heteroatoms. The zero-order valence-corrected chi connectivity index (χ0v) is 20.7. The summed E-state index contributed by atoms with van der Waals surface area (Å²) in [6.45, 7) is 2.05. The number of aromatic amines is 1. The first kappa shape index (κ1) is 23.6. The molecule has 2 unspecified atom stereocenters. The molecule has 0 aromatic carbocycles. The molecular formula is C26H30FN7O3. The standard InChI is InChI=1S/C26H30FN7O3/c1-37-23-10-18(19(27)14-29-23)20-11-21(32-31-20)25(36)34-8-4-17(12-26(34)5-6-26)24(35)30-13-16-2-3-22-28-7-9-33(22)15-16/h7,9-11,14,16-17H,2-6,8,12-13,15H2,1H3,(H,30,35)(H,31,32). The van der Waals surface area contributed by atoms with E-state index in [1.807, 2.05) is 17.3 Å². The van der Waals surface area contributed by atoms with Gasteiger partial charge in [0.25, 0.3) is 5.91 Å². The molecule has 1 aliphatic carbocycles. The van der Waals surface area contributed by atoms with Crippen LogP contribution in [0.1, 0.15) is 48.4 Å². The van der Waals surface area contributed by atoms with Gasteiger partial charge in [-0.25, -0.2) is 14.4 Å². The number of imidazole rings is 1. The fourth-order valence-corrected chi connectivity index (χ4v) is 5.79. The summed E-state index contributed by atoms with van der Waals surface area (Å²) in [6, 6.07) is 3.01. The van der Waals surface area contributed by atoms with Crippen LogP contribution in [0, 0.1) is 17.7 Å². The van der Waals surface area contributed by atoms with Crippen molar-refractivity contribution in [3.05, 3.63) is 48.1 Å². The van der Waals surface area contributed by atoms with Crippen molar-refractivity contribution in [1.29, 1.82) is 0 Å². The lowest BCUT2D eigenvalue weighted by Gasteiger charge is -2.39. The van der Waals surface area contributed by atoms with Gasteiger partial charge in [0, 0.05) is 61.5 Å². The topological polar surface area (TPSA) is 118 Å². The number of fused-ring (bicyclic) bond motifs is 1. The zero-order chi connectivity index (χ0) is 25.6. The van der Waals surface area contributed by atoms with Gasteiger partial charge in [0.15, 0.2) is 5.82 Å². The van der Waals surface area contributed by atoms with E-state index in [0.29, 0.717) is 43.2 Å². The number of pyridine rings is 1. The van der Waals surface area contributed by atoms with Crippen molar-refractivity contribution in [3.63, 3.8) is 0 Å². The summed E-state index contributed by atoms with van der Waals surface area (Å²) < 4.78 is 21.6. The van der Waals surface area contributed by atoms with Gasteiger partial charge in [-0.05, 0) is 44.1 Å². The molecule has 3 aromatic rings. The first-order valence-corrected chi connectivity index (χ1v) is 12.8. The second kappa shape index (κ2) is 9.28. The molecule has 1 spiro atoms. The van der Waals surface area contributed by atoms with Crippen LogP contribution in [-0.2, 0) is 17.8 Å². The maximum absolute atomic E-state index is 14.3. The Hall–Kier alpha value is -3.76. The van der Waals surface area contributed by atoms with Gasteiger partial charge < -0.3 is 19.5 Å². The summed E-state index contributed by atoms with van der Waals surface area (Å²) in [7, 11) is 1.45. The number of carbonyl (C=O) groups excluding carboxylic acids is 2. The Morgan fingerprint density at radius 1 is 1.27 bits per heavy atom. The number of halogens is 1. The molecule has 2 fully saturated rings. The first-order chi connectivity index (χ1) is 18.0. The molecule has 0 radical (unpaired) electrons. The molecule has 3 aliphatic rings. The van der Waals surface area contributed by atoms with Crippen LogP contribution >= 0.6 is 0 Å². The molecule has 5 heterocycles. The third-order valence-electron chi connectivity index (χ3n) is 8.06. The van der Waals surface area contributed by atoms with Crippen LogP contribution in [0.2, 0.25) is 0 Å². The number of ether oxygens (including phenoxy) is 1. The Morgan fingerprint density at radius 3 is 2.95 bits per heavy atom. The van der Waals surface area contributed by atoms with Gasteiger partial charge in [0.1, 0.15) is 11.5 Å². The highest BCUT2D eigenvalue weighted by Gasteiger charge is 2.54. The molecule has 10 nitrogen and oxygen atoms in total. The Morgan fingerprint density at radius 2 is 2.14 bits per heavy atom. The summed E-state index contributed by atoms with van der Waals surface area (Å²) in [4.78, 5) is 36.5. The Labute approximate surface area is 213 Å². The molecule has 3 aromatic heterocycles. The van der Waals surface area contributed by atoms with E-state index in [-0.39, 0.29) is 34.7 Å². The summed E-state index contributed by atoms with van der Waals surface area (Å²) in [5.74, 6) is 1.05. The maximum Gasteiger partial charge on any atom is 0.272 e. The number of nitrogens with zero attached hydrogens (tertiary/aromatic N) is 5. The summed E-state index contributed by atoms with van der Waals surface area (Å²) >= 11 is 0. The lowest BCUT2D eigenvalue weighted by molar-refractivity contribution is -0.127. The Balaban J connectivity index is 1.08. The number of methoxy groups -OCH3 is 1. The van der Waals surface area contributed by atoms with Crippen molar-refractivity contribution < 1.29 is 18.7 Å². The van der Waals surface area contributed by atoms with Gasteiger partial charge in [-0.15, -0.1) is 0 Å². The van der Waals surface area contributed by atoms with Crippen LogP contribution < -0.4 is 10.1 Å². The molecular weight excluding hydrogens is 477 g/mol. The number of H-pyrrole nitrogens is 1. The van der Waals surface area contributed by atoms with E-state index in [4.69, 9.17) is 4.74 Å².